The molecule has 1 N–H and O–H groups in total. The predicted octanol–water partition coefficient (Wildman–Crippen LogP) is 4.20. The third-order valence-electron chi connectivity index (χ3n) is 3.87. The zero-order valence-corrected chi connectivity index (χ0v) is 16.8. The fraction of sp³-hybridized carbons (Fsp3) is 0.211. The molecule has 3 rings (SSSR count). The van der Waals surface area contributed by atoms with E-state index in [9.17, 15) is 9.59 Å². The first-order valence-corrected chi connectivity index (χ1v) is 9.77. The van der Waals surface area contributed by atoms with Gasteiger partial charge in [0.2, 0.25) is 5.91 Å². The molecule has 0 bridgehead atoms. The van der Waals surface area contributed by atoms with E-state index in [1.165, 1.54) is 0 Å². The maximum Gasteiger partial charge on any atom is 0.258 e. The lowest BCUT2D eigenvalue weighted by molar-refractivity contribution is -0.128. The largest absolute Gasteiger partial charge is 0.329 e. The van der Waals surface area contributed by atoms with Crippen molar-refractivity contribution in [2.45, 2.75) is 26.4 Å². The van der Waals surface area contributed by atoms with Crippen LogP contribution in [0.5, 0.6) is 0 Å². The maximum atomic E-state index is 12.6. The van der Waals surface area contributed by atoms with E-state index >= 15 is 0 Å². The molecule has 0 unspecified atom stereocenters. The van der Waals surface area contributed by atoms with E-state index in [0.29, 0.717) is 16.7 Å². The predicted molar refractivity (Wildman–Crippen MR) is 109 cm³/mol. The van der Waals surface area contributed by atoms with Gasteiger partial charge in [-0.1, -0.05) is 12.1 Å². The van der Waals surface area contributed by atoms with Gasteiger partial charge in [-0.15, -0.1) is 11.3 Å². The third-order valence-corrected chi connectivity index (χ3v) is 5.46. The topological polar surface area (TPSA) is 66.1 Å². The van der Waals surface area contributed by atoms with Gasteiger partial charge in [-0.2, -0.15) is 0 Å². The molecule has 0 aliphatic carbocycles. The van der Waals surface area contributed by atoms with Crippen LogP contribution in [0.2, 0.25) is 0 Å². The number of aromatic amines is 1. The van der Waals surface area contributed by atoms with E-state index < -0.39 is 0 Å². The van der Waals surface area contributed by atoms with Crippen molar-refractivity contribution < 1.29 is 4.79 Å². The van der Waals surface area contributed by atoms with Gasteiger partial charge in [0, 0.05) is 17.0 Å². The number of fused-ring (bicyclic) bond motifs is 1. The van der Waals surface area contributed by atoms with Crippen LogP contribution in [-0.4, -0.2) is 26.8 Å². The van der Waals surface area contributed by atoms with Gasteiger partial charge in [0.15, 0.2) is 0 Å². The van der Waals surface area contributed by atoms with Crippen LogP contribution < -0.4 is 5.56 Å². The van der Waals surface area contributed by atoms with Crippen molar-refractivity contribution in [3.05, 3.63) is 67.3 Å². The number of carbonyl (C=O) groups is 1. The lowest BCUT2D eigenvalue weighted by Crippen LogP contribution is -2.36. The molecule has 1 amide bonds. The summed E-state index contributed by atoms with van der Waals surface area (Å²) in [6.07, 6.45) is 3.35. The molecule has 26 heavy (non-hydrogen) atoms. The summed E-state index contributed by atoms with van der Waals surface area (Å²) in [4.78, 5) is 34.8. The number of hydrogen-bond acceptors (Lipinski definition) is 4. The number of hydrogen-bond donors (Lipinski definition) is 1. The summed E-state index contributed by atoms with van der Waals surface area (Å²) < 4.78 is 1.02. The average Bonchev–Trinajstić information content (AvgIpc) is 3.03. The van der Waals surface area contributed by atoms with Crippen LogP contribution in [0.1, 0.15) is 24.5 Å². The third kappa shape index (κ3) is 4.28. The molecule has 7 heteroatoms. The van der Waals surface area contributed by atoms with Crippen LogP contribution in [0.4, 0.5) is 0 Å². The monoisotopic (exact) mass is 431 g/mol. The Morgan fingerprint density at radius 1 is 1.31 bits per heavy atom. The van der Waals surface area contributed by atoms with Gasteiger partial charge in [-0.05, 0) is 60.1 Å². The zero-order valence-electron chi connectivity index (χ0n) is 14.4. The molecule has 1 aromatic carbocycles. The minimum Gasteiger partial charge on any atom is -0.329 e. The van der Waals surface area contributed by atoms with E-state index in [2.05, 4.69) is 25.9 Å². The second-order valence-corrected chi connectivity index (χ2v) is 8.56. The number of rotatable bonds is 5. The highest BCUT2D eigenvalue weighted by molar-refractivity contribution is 9.11. The molecule has 0 spiro atoms. The summed E-state index contributed by atoms with van der Waals surface area (Å²) in [5.41, 5.74) is 0.433. The van der Waals surface area contributed by atoms with Crippen LogP contribution in [0, 0.1) is 0 Å². The van der Waals surface area contributed by atoms with Crippen molar-refractivity contribution in [1.29, 1.82) is 0 Å². The van der Waals surface area contributed by atoms with Crippen molar-refractivity contribution in [3.8, 4) is 0 Å². The minimum absolute atomic E-state index is 0.0287. The molecule has 0 aliphatic heterocycles. The number of para-hydroxylation sites is 1. The van der Waals surface area contributed by atoms with Crippen molar-refractivity contribution in [2.75, 3.05) is 0 Å². The van der Waals surface area contributed by atoms with Gasteiger partial charge in [0.1, 0.15) is 5.82 Å². The molecule has 0 saturated carbocycles. The first-order chi connectivity index (χ1) is 12.4. The quantitative estimate of drug-likeness (QED) is 0.615. The van der Waals surface area contributed by atoms with Crippen molar-refractivity contribution in [3.63, 3.8) is 0 Å². The summed E-state index contributed by atoms with van der Waals surface area (Å²) >= 11 is 4.97. The van der Waals surface area contributed by atoms with Crippen LogP contribution in [0.3, 0.4) is 0 Å². The van der Waals surface area contributed by atoms with Crippen molar-refractivity contribution in [2.24, 2.45) is 0 Å². The molecular weight excluding hydrogens is 414 g/mol. The normalized spacial score (nSPS) is 11.5. The van der Waals surface area contributed by atoms with Gasteiger partial charge in [-0.3, -0.25) is 9.59 Å². The van der Waals surface area contributed by atoms with E-state index in [1.807, 2.05) is 32.0 Å². The van der Waals surface area contributed by atoms with Gasteiger partial charge in [0.05, 0.1) is 21.2 Å². The van der Waals surface area contributed by atoms with Gasteiger partial charge < -0.3 is 9.88 Å². The first kappa shape index (κ1) is 18.5. The van der Waals surface area contributed by atoms with E-state index in [1.54, 1.807) is 46.6 Å². The van der Waals surface area contributed by atoms with Gasteiger partial charge in [-0.25, -0.2) is 4.98 Å². The smallest absolute Gasteiger partial charge is 0.258 e. The second-order valence-electron chi connectivity index (χ2n) is 6.06. The average molecular weight is 432 g/mol. The number of nitrogens with zero attached hydrogens (tertiary/aromatic N) is 2. The summed E-state index contributed by atoms with van der Waals surface area (Å²) in [6.45, 7) is 4.12. The molecule has 5 nitrogen and oxygen atoms in total. The fourth-order valence-corrected chi connectivity index (χ4v) is 3.88. The fourth-order valence-electron chi connectivity index (χ4n) is 2.55. The lowest BCUT2D eigenvalue weighted by atomic mass is 10.2. The molecule has 0 atom stereocenters. The standard InChI is InChI=1S/C19H18BrN3O2S/c1-12(2)23(18(24)10-8-13-7-9-16(20)26-13)11-17-21-15-6-4-3-5-14(15)19(25)22-17/h3-10,12H,11H2,1-2H3,(H,21,22,25)/b10-8+. The van der Waals surface area contributed by atoms with Gasteiger partial charge in [0.25, 0.3) is 5.56 Å². The maximum absolute atomic E-state index is 12.6. The molecule has 134 valence electrons. The van der Waals surface area contributed by atoms with E-state index in [0.717, 1.165) is 8.66 Å². The Hall–Kier alpha value is -2.25. The molecule has 2 aromatic heterocycles. The van der Waals surface area contributed by atoms with Crippen LogP contribution in [-0.2, 0) is 11.3 Å². The van der Waals surface area contributed by atoms with E-state index in [4.69, 9.17) is 0 Å². The Labute approximate surface area is 163 Å². The number of nitrogens with one attached hydrogen (secondary N) is 1. The number of halogens is 1. The highest BCUT2D eigenvalue weighted by atomic mass is 79.9. The van der Waals surface area contributed by atoms with E-state index in [-0.39, 0.29) is 24.1 Å². The molecule has 0 aliphatic rings. The Morgan fingerprint density at radius 3 is 2.77 bits per heavy atom. The van der Waals surface area contributed by atoms with Crippen molar-refractivity contribution >= 4 is 50.2 Å². The summed E-state index contributed by atoms with van der Waals surface area (Å²) in [7, 11) is 0. The number of amides is 1. The molecule has 0 saturated heterocycles. The second kappa shape index (κ2) is 7.97. The Balaban J connectivity index is 1.83. The summed E-state index contributed by atoms with van der Waals surface area (Å²) in [5.74, 6) is 0.350. The minimum atomic E-state index is -0.194. The molecule has 2 heterocycles. The number of H-pyrrole nitrogens is 1. The highest BCUT2D eigenvalue weighted by Gasteiger charge is 2.17. The Morgan fingerprint density at radius 2 is 2.08 bits per heavy atom. The number of thiophene rings is 1. The molecule has 3 aromatic rings. The van der Waals surface area contributed by atoms with Crippen molar-refractivity contribution in [1.82, 2.24) is 14.9 Å². The molecular formula is C19H18BrN3O2S. The number of aromatic nitrogens is 2. The van der Waals surface area contributed by atoms with Crippen LogP contribution in [0.25, 0.3) is 17.0 Å². The molecule has 0 radical (unpaired) electrons. The highest BCUT2D eigenvalue weighted by Crippen LogP contribution is 2.23. The molecule has 0 fully saturated rings. The first-order valence-electron chi connectivity index (χ1n) is 8.16. The Kier molecular flexibility index (Phi) is 5.68. The zero-order chi connectivity index (χ0) is 18.7. The number of carbonyl (C=O) groups excluding carboxylic acids is 1. The number of benzene rings is 1. The lowest BCUT2D eigenvalue weighted by Gasteiger charge is -2.25. The van der Waals surface area contributed by atoms with Crippen LogP contribution in [0.15, 0.2) is 51.1 Å². The summed E-state index contributed by atoms with van der Waals surface area (Å²) in [6, 6.07) is 11.0. The van der Waals surface area contributed by atoms with Crippen LogP contribution >= 0.6 is 27.3 Å². The SMILES string of the molecule is CC(C)N(Cc1nc2ccccc2c(=O)[nH]1)C(=O)/C=C/c1ccc(Br)s1. The Bertz CT molecular complexity index is 1020. The van der Waals surface area contributed by atoms with Gasteiger partial charge >= 0.3 is 0 Å². The summed E-state index contributed by atoms with van der Waals surface area (Å²) in [5, 5.41) is 0.543.